The molecule has 1 heterocycles. The zero-order valence-electron chi connectivity index (χ0n) is 9.26. The van der Waals surface area contributed by atoms with Gasteiger partial charge in [0.15, 0.2) is 12.4 Å². The number of carbonyl (C=O) groups is 1. The molecular formula is C10H10FN5O2. The minimum absolute atomic E-state index is 0.163. The van der Waals surface area contributed by atoms with Crippen molar-refractivity contribution in [2.24, 2.45) is 0 Å². The van der Waals surface area contributed by atoms with E-state index in [9.17, 15) is 9.18 Å². The van der Waals surface area contributed by atoms with Gasteiger partial charge in [-0.3, -0.25) is 4.79 Å². The average molecular weight is 251 g/mol. The van der Waals surface area contributed by atoms with Gasteiger partial charge in [0.05, 0.1) is 6.54 Å². The van der Waals surface area contributed by atoms with Gasteiger partial charge < -0.3 is 10.1 Å². The number of nitrogens with one attached hydrogen (secondary N) is 2. The second-order valence-corrected chi connectivity index (χ2v) is 3.35. The Hall–Kier alpha value is -2.51. The number of halogens is 1. The molecule has 0 saturated carbocycles. The smallest absolute Gasteiger partial charge is 0.258 e. The van der Waals surface area contributed by atoms with Crippen molar-refractivity contribution in [1.29, 1.82) is 0 Å². The highest BCUT2D eigenvalue weighted by molar-refractivity contribution is 5.77. The first-order chi connectivity index (χ1) is 8.74. The molecule has 7 nitrogen and oxygen atoms in total. The van der Waals surface area contributed by atoms with Gasteiger partial charge in [0.25, 0.3) is 5.91 Å². The molecule has 0 spiro atoms. The van der Waals surface area contributed by atoms with Crippen molar-refractivity contribution in [2.45, 2.75) is 6.54 Å². The molecule has 1 aromatic heterocycles. The van der Waals surface area contributed by atoms with E-state index in [1.807, 2.05) is 0 Å². The highest BCUT2D eigenvalue weighted by Gasteiger charge is 2.04. The molecule has 1 amide bonds. The molecule has 2 aromatic rings. The fourth-order valence-corrected chi connectivity index (χ4v) is 1.17. The molecule has 0 saturated heterocycles. The Balaban J connectivity index is 1.73. The molecule has 0 aliphatic rings. The van der Waals surface area contributed by atoms with Gasteiger partial charge in [0.1, 0.15) is 11.6 Å². The first kappa shape index (κ1) is 12.0. The molecule has 0 atom stereocenters. The number of hydrogen-bond donors (Lipinski definition) is 2. The molecule has 0 aliphatic heterocycles. The number of benzene rings is 1. The maximum atomic E-state index is 12.6. The minimum atomic E-state index is -0.357. The molecule has 0 unspecified atom stereocenters. The van der Waals surface area contributed by atoms with Gasteiger partial charge in [-0.05, 0) is 24.3 Å². The third-order valence-corrected chi connectivity index (χ3v) is 2.02. The molecule has 1 aromatic carbocycles. The number of aromatic nitrogens is 4. The van der Waals surface area contributed by atoms with Crippen LogP contribution in [0.25, 0.3) is 0 Å². The molecule has 18 heavy (non-hydrogen) atoms. The SMILES string of the molecule is O=C(COc1ccc(F)cc1)NCc1nn[nH]n1. The number of amides is 1. The predicted molar refractivity (Wildman–Crippen MR) is 57.9 cm³/mol. The molecule has 0 aliphatic carbocycles. The van der Waals surface area contributed by atoms with Crippen molar-refractivity contribution < 1.29 is 13.9 Å². The molecule has 2 N–H and O–H groups in total. The van der Waals surface area contributed by atoms with E-state index in [4.69, 9.17) is 4.74 Å². The Morgan fingerprint density at radius 1 is 1.39 bits per heavy atom. The Morgan fingerprint density at radius 3 is 2.83 bits per heavy atom. The lowest BCUT2D eigenvalue weighted by Crippen LogP contribution is -2.28. The van der Waals surface area contributed by atoms with Gasteiger partial charge in [0.2, 0.25) is 0 Å². The Kier molecular flexibility index (Phi) is 3.79. The Bertz CT molecular complexity index is 499. The van der Waals surface area contributed by atoms with Gasteiger partial charge in [-0.2, -0.15) is 5.21 Å². The number of aromatic amines is 1. The lowest BCUT2D eigenvalue weighted by atomic mass is 10.3. The van der Waals surface area contributed by atoms with Crippen molar-refractivity contribution in [3.05, 3.63) is 35.9 Å². The topological polar surface area (TPSA) is 92.8 Å². The summed E-state index contributed by atoms with van der Waals surface area (Å²) in [7, 11) is 0. The molecule has 0 fully saturated rings. The maximum Gasteiger partial charge on any atom is 0.258 e. The Morgan fingerprint density at radius 2 is 2.17 bits per heavy atom. The normalized spacial score (nSPS) is 10.1. The monoisotopic (exact) mass is 251 g/mol. The van der Waals surface area contributed by atoms with Crippen LogP contribution in [0, 0.1) is 5.82 Å². The van der Waals surface area contributed by atoms with Gasteiger partial charge in [0, 0.05) is 0 Å². The van der Waals surface area contributed by atoms with E-state index in [1.165, 1.54) is 24.3 Å². The van der Waals surface area contributed by atoms with Gasteiger partial charge in [-0.1, -0.05) is 5.21 Å². The van der Waals surface area contributed by atoms with E-state index in [2.05, 4.69) is 25.9 Å². The van der Waals surface area contributed by atoms with Crippen LogP contribution in [-0.2, 0) is 11.3 Å². The molecule has 0 radical (unpaired) electrons. The third-order valence-electron chi connectivity index (χ3n) is 2.02. The van der Waals surface area contributed by atoms with Crippen molar-refractivity contribution in [2.75, 3.05) is 6.61 Å². The summed E-state index contributed by atoms with van der Waals surface area (Å²) in [6.07, 6.45) is 0. The first-order valence-electron chi connectivity index (χ1n) is 5.11. The highest BCUT2D eigenvalue weighted by Crippen LogP contribution is 2.10. The maximum absolute atomic E-state index is 12.6. The van der Waals surface area contributed by atoms with E-state index < -0.39 is 0 Å². The Labute approximate surface area is 101 Å². The molecule has 2 rings (SSSR count). The summed E-state index contributed by atoms with van der Waals surface area (Å²) in [5, 5.41) is 15.5. The first-order valence-corrected chi connectivity index (χ1v) is 5.11. The second-order valence-electron chi connectivity index (χ2n) is 3.35. The van der Waals surface area contributed by atoms with Crippen LogP contribution in [-0.4, -0.2) is 33.1 Å². The van der Waals surface area contributed by atoms with Gasteiger partial charge in [-0.15, -0.1) is 10.2 Å². The van der Waals surface area contributed by atoms with Crippen LogP contribution in [0.1, 0.15) is 5.82 Å². The van der Waals surface area contributed by atoms with E-state index in [-0.39, 0.29) is 24.9 Å². The quantitative estimate of drug-likeness (QED) is 0.782. The zero-order valence-corrected chi connectivity index (χ0v) is 9.26. The summed E-state index contributed by atoms with van der Waals surface area (Å²) in [6, 6.07) is 5.41. The summed E-state index contributed by atoms with van der Waals surface area (Å²) in [5.74, 6) is 0.115. The van der Waals surface area contributed by atoms with Crippen LogP contribution in [0.3, 0.4) is 0 Å². The fourth-order valence-electron chi connectivity index (χ4n) is 1.17. The number of carbonyl (C=O) groups excluding carboxylic acids is 1. The summed E-state index contributed by atoms with van der Waals surface area (Å²) in [4.78, 5) is 11.4. The van der Waals surface area contributed by atoms with Crippen LogP contribution in [0.2, 0.25) is 0 Å². The summed E-state index contributed by atoms with van der Waals surface area (Å²) in [5.41, 5.74) is 0. The van der Waals surface area contributed by atoms with Crippen molar-refractivity contribution >= 4 is 5.91 Å². The predicted octanol–water partition coefficient (Wildman–Crippen LogP) is 0.0340. The molecular weight excluding hydrogens is 241 g/mol. The number of nitrogens with zero attached hydrogens (tertiary/aromatic N) is 3. The molecule has 94 valence electrons. The fraction of sp³-hybridized carbons (Fsp3) is 0.200. The van der Waals surface area contributed by atoms with Crippen LogP contribution in [0.15, 0.2) is 24.3 Å². The van der Waals surface area contributed by atoms with E-state index in [0.29, 0.717) is 11.6 Å². The lowest BCUT2D eigenvalue weighted by Gasteiger charge is -2.05. The van der Waals surface area contributed by atoms with Crippen molar-refractivity contribution in [3.8, 4) is 5.75 Å². The number of H-pyrrole nitrogens is 1. The standard InChI is InChI=1S/C10H10FN5O2/c11-7-1-3-8(4-2-7)18-6-10(17)12-5-9-13-15-16-14-9/h1-4H,5-6H2,(H,12,17)(H,13,14,15,16). The van der Waals surface area contributed by atoms with Crippen molar-refractivity contribution in [1.82, 2.24) is 25.9 Å². The number of hydrogen-bond acceptors (Lipinski definition) is 5. The number of ether oxygens (including phenoxy) is 1. The second kappa shape index (κ2) is 5.71. The number of tetrazole rings is 1. The van der Waals surface area contributed by atoms with Crippen LogP contribution in [0.4, 0.5) is 4.39 Å². The minimum Gasteiger partial charge on any atom is -0.484 e. The zero-order chi connectivity index (χ0) is 12.8. The van der Waals surface area contributed by atoms with Gasteiger partial charge >= 0.3 is 0 Å². The molecule has 8 heteroatoms. The van der Waals surface area contributed by atoms with E-state index in [1.54, 1.807) is 0 Å². The highest BCUT2D eigenvalue weighted by atomic mass is 19.1. The van der Waals surface area contributed by atoms with E-state index >= 15 is 0 Å². The molecule has 0 bridgehead atoms. The number of rotatable bonds is 5. The largest absolute Gasteiger partial charge is 0.484 e. The van der Waals surface area contributed by atoms with Crippen molar-refractivity contribution in [3.63, 3.8) is 0 Å². The summed E-state index contributed by atoms with van der Waals surface area (Å²) in [6.45, 7) is 0.00555. The van der Waals surface area contributed by atoms with E-state index in [0.717, 1.165) is 0 Å². The van der Waals surface area contributed by atoms with Crippen LogP contribution < -0.4 is 10.1 Å². The lowest BCUT2D eigenvalue weighted by molar-refractivity contribution is -0.123. The summed E-state index contributed by atoms with van der Waals surface area (Å²) < 4.78 is 17.8. The van der Waals surface area contributed by atoms with Crippen LogP contribution >= 0.6 is 0 Å². The van der Waals surface area contributed by atoms with Crippen LogP contribution in [0.5, 0.6) is 5.75 Å². The average Bonchev–Trinajstić information content (AvgIpc) is 2.89. The summed E-state index contributed by atoms with van der Waals surface area (Å²) >= 11 is 0. The third kappa shape index (κ3) is 3.51. The van der Waals surface area contributed by atoms with Gasteiger partial charge in [-0.25, -0.2) is 4.39 Å².